The first-order valence-corrected chi connectivity index (χ1v) is 12.4. The minimum atomic E-state index is -2.30. The van der Waals surface area contributed by atoms with Crippen molar-refractivity contribution in [2.45, 2.75) is 50.9 Å². The van der Waals surface area contributed by atoms with Crippen LogP contribution in [0.4, 0.5) is 20.4 Å². The van der Waals surface area contributed by atoms with Crippen molar-refractivity contribution in [3.05, 3.63) is 33.8 Å². The molecule has 0 aromatic carbocycles. The number of halogens is 2. The summed E-state index contributed by atoms with van der Waals surface area (Å²) in [6, 6.07) is 4.00. The highest BCUT2D eigenvalue weighted by atomic mass is 32.1. The topological polar surface area (TPSA) is 68.1 Å². The second-order valence-corrected chi connectivity index (χ2v) is 9.71. The Hall–Kier alpha value is -2.13. The average Bonchev–Trinajstić information content (AvgIpc) is 3.42. The number of hydrogen-bond acceptors (Lipinski definition) is 7. The van der Waals surface area contributed by atoms with Crippen LogP contribution in [0.5, 0.6) is 0 Å². The second kappa shape index (κ2) is 10.7. The Morgan fingerprint density at radius 1 is 1.19 bits per heavy atom. The number of rotatable bonds is 7. The van der Waals surface area contributed by atoms with Crippen LogP contribution in [0.1, 0.15) is 59.9 Å². The van der Waals surface area contributed by atoms with Crippen LogP contribution in [-0.4, -0.2) is 66.8 Å². The molecule has 0 radical (unpaired) electrons. The van der Waals surface area contributed by atoms with Crippen LogP contribution in [0.2, 0.25) is 0 Å². The fraction of sp³-hybridized carbons (Fsp3) is 0.609. The molecule has 2 aromatic heterocycles. The molecule has 0 saturated carbocycles. The van der Waals surface area contributed by atoms with Crippen molar-refractivity contribution in [1.82, 2.24) is 14.9 Å². The van der Waals surface area contributed by atoms with Crippen LogP contribution < -0.4 is 10.2 Å². The fourth-order valence-electron chi connectivity index (χ4n) is 4.61. The lowest BCUT2D eigenvalue weighted by Gasteiger charge is -2.26. The van der Waals surface area contributed by atoms with Gasteiger partial charge in [-0.15, -0.1) is 11.3 Å². The molecule has 1 unspecified atom stereocenters. The third kappa shape index (κ3) is 5.43. The average molecular weight is 463 g/mol. The molecule has 2 fully saturated rings. The number of likely N-dealkylation sites (tertiary alicyclic amines) is 1. The van der Waals surface area contributed by atoms with E-state index < -0.39 is 6.43 Å². The van der Waals surface area contributed by atoms with Gasteiger partial charge in [-0.05, 0) is 37.9 Å². The summed E-state index contributed by atoms with van der Waals surface area (Å²) >= 11 is 1.49. The Labute approximate surface area is 192 Å². The fourth-order valence-corrected chi connectivity index (χ4v) is 5.62. The van der Waals surface area contributed by atoms with E-state index in [2.05, 4.69) is 15.2 Å². The van der Waals surface area contributed by atoms with Crippen molar-refractivity contribution < 1.29 is 8.78 Å². The number of nitrogens with zero attached hydrogens (tertiary/aromatic N) is 4. The summed E-state index contributed by atoms with van der Waals surface area (Å²) in [6.07, 6.45) is 6.51. The number of thiazole rings is 1. The maximum absolute atomic E-state index is 12.7. The van der Waals surface area contributed by atoms with Crippen molar-refractivity contribution in [1.29, 1.82) is 5.41 Å². The molecule has 0 aliphatic carbocycles. The summed E-state index contributed by atoms with van der Waals surface area (Å²) in [5.74, 6) is 1.83. The standard InChI is InChI=1S/C23H32F2N6S/c1-27-22-17(7-8-20(29-22)31-10-5-3-2-4-6-11-31)21(26)18-13-28-23(32-18)16-9-12-30(14-16)15-19(24)25/h7-8,13,16,19,26H,2-6,9-12,14-15H2,1H3,(H,27,29). The zero-order valence-electron chi connectivity index (χ0n) is 18.6. The van der Waals surface area contributed by atoms with Crippen LogP contribution in [0.25, 0.3) is 0 Å². The minimum Gasteiger partial charge on any atom is -0.373 e. The van der Waals surface area contributed by atoms with Crippen LogP contribution in [0.15, 0.2) is 18.3 Å². The zero-order chi connectivity index (χ0) is 22.5. The molecular weight excluding hydrogens is 430 g/mol. The Kier molecular flexibility index (Phi) is 7.67. The maximum atomic E-state index is 12.7. The quantitative estimate of drug-likeness (QED) is 0.578. The molecule has 2 aromatic rings. The predicted molar refractivity (Wildman–Crippen MR) is 127 cm³/mol. The second-order valence-electron chi connectivity index (χ2n) is 8.64. The summed E-state index contributed by atoms with van der Waals surface area (Å²) in [4.78, 5) is 14.3. The number of pyridine rings is 1. The van der Waals surface area contributed by atoms with E-state index in [0.29, 0.717) is 24.6 Å². The first-order valence-electron chi connectivity index (χ1n) is 11.5. The highest BCUT2D eigenvalue weighted by Gasteiger charge is 2.28. The highest BCUT2D eigenvalue weighted by molar-refractivity contribution is 7.14. The van der Waals surface area contributed by atoms with Gasteiger partial charge in [0.25, 0.3) is 6.43 Å². The minimum absolute atomic E-state index is 0.164. The smallest absolute Gasteiger partial charge is 0.251 e. The van der Waals surface area contributed by atoms with Gasteiger partial charge in [0, 0.05) is 44.4 Å². The monoisotopic (exact) mass is 462 g/mol. The van der Waals surface area contributed by atoms with Crippen LogP contribution in [0.3, 0.4) is 0 Å². The lowest BCUT2D eigenvalue weighted by atomic mass is 10.1. The van der Waals surface area contributed by atoms with Crippen LogP contribution in [0, 0.1) is 5.41 Å². The third-order valence-corrected chi connectivity index (χ3v) is 7.53. The lowest BCUT2D eigenvalue weighted by molar-refractivity contribution is 0.0990. The molecule has 4 heterocycles. The van der Waals surface area contributed by atoms with Gasteiger partial charge in [-0.2, -0.15) is 0 Å². The van der Waals surface area contributed by atoms with E-state index in [1.165, 1.54) is 43.4 Å². The van der Waals surface area contributed by atoms with Gasteiger partial charge in [-0.1, -0.05) is 19.3 Å². The predicted octanol–water partition coefficient (Wildman–Crippen LogP) is 4.82. The van der Waals surface area contributed by atoms with Crippen molar-refractivity contribution in [3.8, 4) is 0 Å². The van der Waals surface area contributed by atoms with E-state index in [-0.39, 0.29) is 12.5 Å². The van der Waals surface area contributed by atoms with Crippen molar-refractivity contribution in [3.63, 3.8) is 0 Å². The largest absolute Gasteiger partial charge is 0.373 e. The van der Waals surface area contributed by atoms with E-state index in [1.807, 2.05) is 19.2 Å². The molecule has 174 valence electrons. The first kappa shape index (κ1) is 23.0. The molecule has 1 atom stereocenters. The Balaban J connectivity index is 1.47. The molecule has 9 heteroatoms. The third-order valence-electron chi connectivity index (χ3n) is 6.35. The van der Waals surface area contributed by atoms with Gasteiger partial charge in [-0.25, -0.2) is 18.7 Å². The van der Waals surface area contributed by atoms with E-state index in [1.54, 1.807) is 11.1 Å². The van der Waals surface area contributed by atoms with Crippen LogP contribution >= 0.6 is 11.3 Å². The van der Waals surface area contributed by atoms with Gasteiger partial charge in [0.15, 0.2) is 0 Å². The summed E-state index contributed by atoms with van der Waals surface area (Å²) in [7, 11) is 1.84. The molecule has 32 heavy (non-hydrogen) atoms. The molecule has 2 aliphatic rings. The number of anilines is 2. The molecule has 2 saturated heterocycles. The van der Waals surface area contributed by atoms with Crippen LogP contribution in [-0.2, 0) is 0 Å². The maximum Gasteiger partial charge on any atom is 0.251 e. The number of alkyl halides is 2. The molecule has 0 amide bonds. The van der Waals surface area contributed by atoms with Gasteiger partial charge in [0.05, 0.1) is 22.1 Å². The number of hydrogen-bond donors (Lipinski definition) is 2. The van der Waals surface area contributed by atoms with Crippen molar-refractivity contribution >= 4 is 28.7 Å². The van der Waals surface area contributed by atoms with E-state index in [4.69, 9.17) is 10.4 Å². The molecule has 2 aliphatic heterocycles. The molecule has 0 bridgehead atoms. The Morgan fingerprint density at radius 2 is 1.94 bits per heavy atom. The molecular formula is C23H32F2N6S. The Morgan fingerprint density at radius 3 is 2.66 bits per heavy atom. The summed E-state index contributed by atoms with van der Waals surface area (Å²) in [5.41, 5.74) is 1.15. The van der Waals surface area contributed by atoms with Crippen molar-refractivity contribution in [2.24, 2.45) is 0 Å². The molecule has 0 spiro atoms. The summed E-state index contributed by atoms with van der Waals surface area (Å²) in [5, 5.41) is 12.9. The number of nitrogens with one attached hydrogen (secondary N) is 2. The van der Waals surface area contributed by atoms with Crippen molar-refractivity contribution in [2.75, 3.05) is 50.0 Å². The SMILES string of the molecule is CNc1nc(N2CCCCCCC2)ccc1C(=N)c1cnc(C2CCN(CC(F)F)C2)s1. The molecule has 2 N–H and O–H groups in total. The van der Waals surface area contributed by atoms with Gasteiger partial charge >= 0.3 is 0 Å². The highest BCUT2D eigenvalue weighted by Crippen LogP contribution is 2.32. The van der Waals surface area contributed by atoms with Gasteiger partial charge in [0.2, 0.25) is 0 Å². The molecule has 4 rings (SSSR count). The Bertz CT molecular complexity index is 910. The lowest BCUT2D eigenvalue weighted by Crippen LogP contribution is -2.28. The van der Waals surface area contributed by atoms with E-state index >= 15 is 0 Å². The van der Waals surface area contributed by atoms with Gasteiger partial charge in [-0.3, -0.25) is 10.3 Å². The summed E-state index contributed by atoms with van der Waals surface area (Å²) in [6.45, 7) is 3.15. The number of aromatic nitrogens is 2. The summed E-state index contributed by atoms with van der Waals surface area (Å²) < 4.78 is 25.3. The molecule has 6 nitrogen and oxygen atoms in total. The van der Waals surface area contributed by atoms with Gasteiger partial charge in [0.1, 0.15) is 11.6 Å². The van der Waals surface area contributed by atoms with E-state index in [9.17, 15) is 8.78 Å². The van der Waals surface area contributed by atoms with E-state index in [0.717, 1.165) is 40.8 Å². The normalized spacial score (nSPS) is 20.4. The first-order chi connectivity index (χ1) is 15.5. The van der Waals surface area contributed by atoms with Gasteiger partial charge < -0.3 is 10.2 Å². The zero-order valence-corrected chi connectivity index (χ0v) is 19.4.